The van der Waals surface area contributed by atoms with Gasteiger partial charge in [-0.1, -0.05) is 19.8 Å². The highest BCUT2D eigenvalue weighted by atomic mass is 16.3. The van der Waals surface area contributed by atoms with Crippen LogP contribution in [0.15, 0.2) is 24.4 Å². The number of pyridine rings is 1. The summed E-state index contributed by atoms with van der Waals surface area (Å²) in [5.41, 5.74) is 7.32. The first-order chi connectivity index (χ1) is 11.0. The van der Waals surface area contributed by atoms with Crippen molar-refractivity contribution in [2.75, 3.05) is 10.9 Å². The number of nitrogens with zero attached hydrogens (tertiary/aromatic N) is 1. The first-order valence-electron chi connectivity index (χ1n) is 7.74. The first-order valence-corrected chi connectivity index (χ1v) is 7.74. The third kappa shape index (κ3) is 4.18. The van der Waals surface area contributed by atoms with Gasteiger partial charge < -0.3 is 15.3 Å². The molecule has 1 aromatic heterocycles. The minimum absolute atomic E-state index is 0.00646. The van der Waals surface area contributed by atoms with Crippen molar-refractivity contribution in [1.29, 1.82) is 0 Å². The molecular formula is C17H23N3O3. The zero-order valence-corrected chi connectivity index (χ0v) is 13.4. The van der Waals surface area contributed by atoms with Crippen molar-refractivity contribution >= 4 is 11.5 Å². The summed E-state index contributed by atoms with van der Waals surface area (Å²) in [6.07, 6.45) is 5.25. The van der Waals surface area contributed by atoms with Crippen LogP contribution in [0.3, 0.4) is 0 Å². The van der Waals surface area contributed by atoms with Gasteiger partial charge in [-0.2, -0.15) is 0 Å². The lowest BCUT2D eigenvalue weighted by molar-refractivity contribution is 0.446. The summed E-state index contributed by atoms with van der Waals surface area (Å²) < 4.78 is 0. The molecular weight excluding hydrogens is 294 g/mol. The van der Waals surface area contributed by atoms with Gasteiger partial charge in [0.05, 0.1) is 6.20 Å². The Kier molecular flexibility index (Phi) is 5.51. The Morgan fingerprint density at radius 2 is 1.83 bits per heavy atom. The maximum atomic E-state index is 10.4. The van der Waals surface area contributed by atoms with Crippen LogP contribution in [0.25, 0.3) is 0 Å². The summed E-state index contributed by atoms with van der Waals surface area (Å²) in [5, 5.41) is 29.8. The molecule has 0 aliphatic heterocycles. The van der Waals surface area contributed by atoms with Gasteiger partial charge in [0.25, 0.3) is 0 Å². The number of hydrogen-bond acceptors (Lipinski definition) is 6. The molecule has 6 heteroatoms. The second-order valence-electron chi connectivity index (χ2n) is 5.53. The maximum absolute atomic E-state index is 10.4. The number of aromatic hydroxyl groups is 3. The van der Waals surface area contributed by atoms with E-state index in [0.29, 0.717) is 11.4 Å². The van der Waals surface area contributed by atoms with E-state index in [4.69, 9.17) is 0 Å². The zero-order chi connectivity index (χ0) is 16.8. The van der Waals surface area contributed by atoms with Crippen LogP contribution in [0.1, 0.15) is 37.3 Å². The molecule has 23 heavy (non-hydrogen) atoms. The minimum Gasteiger partial charge on any atom is -0.506 e. The summed E-state index contributed by atoms with van der Waals surface area (Å²) in [6.45, 7) is 3.92. The molecule has 0 fully saturated rings. The van der Waals surface area contributed by atoms with Crippen molar-refractivity contribution in [2.24, 2.45) is 0 Å². The molecule has 2 rings (SSSR count). The summed E-state index contributed by atoms with van der Waals surface area (Å²) in [5.74, 6) is 0.550. The molecule has 0 saturated heterocycles. The van der Waals surface area contributed by atoms with E-state index in [1.54, 1.807) is 13.0 Å². The molecule has 0 spiro atoms. The van der Waals surface area contributed by atoms with Crippen LogP contribution >= 0.6 is 0 Å². The number of phenolic OH excluding ortho intramolecular Hbond substituents is 2. The second-order valence-corrected chi connectivity index (χ2v) is 5.53. The molecule has 0 bridgehead atoms. The van der Waals surface area contributed by atoms with Gasteiger partial charge >= 0.3 is 0 Å². The quantitative estimate of drug-likeness (QED) is 0.304. The molecule has 0 atom stereocenters. The van der Waals surface area contributed by atoms with Gasteiger partial charge in [0, 0.05) is 0 Å². The fraction of sp³-hybridized carbons (Fsp3) is 0.353. The lowest BCUT2D eigenvalue weighted by Gasteiger charge is -2.16. The summed E-state index contributed by atoms with van der Waals surface area (Å²) >= 11 is 0. The molecule has 1 heterocycles. The van der Waals surface area contributed by atoms with Gasteiger partial charge in [-0.25, -0.2) is 4.98 Å². The molecule has 0 amide bonds. The number of anilines is 2. The van der Waals surface area contributed by atoms with Crippen LogP contribution < -0.4 is 10.9 Å². The van der Waals surface area contributed by atoms with E-state index >= 15 is 0 Å². The van der Waals surface area contributed by atoms with E-state index in [2.05, 4.69) is 22.8 Å². The molecule has 0 aliphatic carbocycles. The van der Waals surface area contributed by atoms with Gasteiger partial charge in [0.2, 0.25) is 0 Å². The number of unbranched alkanes of at least 4 members (excludes halogenated alkanes) is 2. The summed E-state index contributed by atoms with van der Waals surface area (Å²) in [4.78, 5) is 3.97. The van der Waals surface area contributed by atoms with Gasteiger partial charge in [0.1, 0.15) is 28.8 Å². The highest BCUT2D eigenvalue weighted by molar-refractivity contribution is 5.71. The Labute approximate surface area is 135 Å². The highest BCUT2D eigenvalue weighted by Gasteiger charge is 2.15. The monoisotopic (exact) mass is 317 g/mol. The van der Waals surface area contributed by atoms with Crippen LogP contribution in [-0.2, 0) is 6.42 Å². The topological polar surface area (TPSA) is 97.6 Å². The number of hydrazine groups is 1. The Hall–Kier alpha value is -2.63. The van der Waals surface area contributed by atoms with Crippen molar-refractivity contribution in [3.8, 4) is 17.2 Å². The lowest BCUT2D eigenvalue weighted by Crippen LogP contribution is -2.11. The molecule has 124 valence electrons. The Morgan fingerprint density at radius 3 is 2.48 bits per heavy atom. The van der Waals surface area contributed by atoms with Crippen molar-refractivity contribution in [2.45, 2.75) is 39.5 Å². The maximum Gasteiger partial charge on any atom is 0.147 e. The molecule has 0 radical (unpaired) electrons. The van der Waals surface area contributed by atoms with Gasteiger partial charge in [-0.15, -0.1) is 0 Å². The first kappa shape index (κ1) is 16.7. The minimum atomic E-state index is -0.00646. The molecule has 0 aliphatic rings. The summed E-state index contributed by atoms with van der Waals surface area (Å²) in [7, 11) is 0. The van der Waals surface area contributed by atoms with Crippen LogP contribution in [-0.4, -0.2) is 20.3 Å². The second kappa shape index (κ2) is 7.58. The molecule has 0 unspecified atom stereocenters. The molecule has 2 aromatic rings. The fourth-order valence-corrected chi connectivity index (χ4v) is 2.33. The van der Waals surface area contributed by atoms with Crippen LogP contribution in [0.2, 0.25) is 0 Å². The van der Waals surface area contributed by atoms with Crippen molar-refractivity contribution in [3.63, 3.8) is 0 Å². The average Bonchev–Trinajstić information content (AvgIpc) is 2.54. The van der Waals surface area contributed by atoms with Crippen molar-refractivity contribution in [1.82, 2.24) is 4.98 Å². The number of aryl methyl sites for hydroxylation is 2. The third-order valence-corrected chi connectivity index (χ3v) is 3.66. The average molecular weight is 317 g/mol. The fourth-order valence-electron chi connectivity index (χ4n) is 2.33. The van der Waals surface area contributed by atoms with E-state index in [9.17, 15) is 15.3 Å². The Morgan fingerprint density at radius 1 is 1.04 bits per heavy atom. The number of hydrogen-bond donors (Lipinski definition) is 5. The molecule has 5 N–H and O–H groups in total. The zero-order valence-electron chi connectivity index (χ0n) is 13.4. The number of nitrogens with one attached hydrogen (secondary N) is 2. The standard InChI is InChI=1S/C17H23N3O3/c1-3-4-5-6-12-9-11(2)16(22)15(17(12)23)20-19-14-8-7-13(21)10-18-14/h7-10,20-23H,3-6H2,1-2H3,(H,18,19). The van der Waals surface area contributed by atoms with Crippen molar-refractivity contribution < 1.29 is 15.3 Å². The Balaban J connectivity index is 2.17. The summed E-state index contributed by atoms with van der Waals surface area (Å²) in [6, 6.07) is 4.88. The highest BCUT2D eigenvalue weighted by Crippen LogP contribution is 2.39. The van der Waals surface area contributed by atoms with E-state index < -0.39 is 0 Å². The van der Waals surface area contributed by atoms with E-state index in [1.165, 1.54) is 12.3 Å². The van der Waals surface area contributed by atoms with Gasteiger partial charge in [0.15, 0.2) is 0 Å². The number of aromatic nitrogens is 1. The third-order valence-electron chi connectivity index (χ3n) is 3.66. The van der Waals surface area contributed by atoms with E-state index in [-0.39, 0.29) is 22.9 Å². The Bertz CT molecular complexity index is 657. The molecule has 6 nitrogen and oxygen atoms in total. The van der Waals surface area contributed by atoms with Crippen LogP contribution in [0, 0.1) is 6.92 Å². The molecule has 0 saturated carbocycles. The van der Waals surface area contributed by atoms with Crippen molar-refractivity contribution in [3.05, 3.63) is 35.5 Å². The molecule has 1 aromatic carbocycles. The smallest absolute Gasteiger partial charge is 0.147 e. The van der Waals surface area contributed by atoms with Crippen LogP contribution in [0.5, 0.6) is 17.2 Å². The number of phenols is 2. The van der Waals surface area contributed by atoms with Gasteiger partial charge in [-0.05, 0) is 49.1 Å². The predicted molar refractivity (Wildman–Crippen MR) is 90.9 cm³/mol. The van der Waals surface area contributed by atoms with E-state index in [0.717, 1.165) is 31.2 Å². The number of benzene rings is 1. The SMILES string of the molecule is CCCCCc1cc(C)c(O)c(NNc2ccc(O)cn2)c1O. The largest absolute Gasteiger partial charge is 0.506 e. The lowest BCUT2D eigenvalue weighted by atomic mass is 10.0. The van der Waals surface area contributed by atoms with E-state index in [1.807, 2.05) is 6.07 Å². The predicted octanol–water partition coefficient (Wildman–Crippen LogP) is 3.68. The van der Waals surface area contributed by atoms with Gasteiger partial charge in [-0.3, -0.25) is 10.9 Å². The van der Waals surface area contributed by atoms with Crippen LogP contribution in [0.4, 0.5) is 11.5 Å². The number of rotatable bonds is 7. The normalized spacial score (nSPS) is 10.5.